The zero-order valence-corrected chi connectivity index (χ0v) is 13.1. The van der Waals surface area contributed by atoms with E-state index in [1.54, 1.807) is 29.5 Å². The summed E-state index contributed by atoms with van der Waals surface area (Å²) < 4.78 is 1.77. The van der Waals surface area contributed by atoms with E-state index in [9.17, 15) is 4.79 Å². The highest BCUT2D eigenvalue weighted by atomic mass is 35.5. The van der Waals surface area contributed by atoms with Crippen molar-refractivity contribution >= 4 is 36.4 Å². The van der Waals surface area contributed by atoms with E-state index in [2.05, 4.69) is 15.4 Å². The number of hydrogen-bond donors (Lipinski definition) is 2. The van der Waals surface area contributed by atoms with E-state index in [4.69, 9.17) is 5.73 Å². The Morgan fingerprint density at radius 2 is 2.00 bits per heavy atom. The SMILES string of the molecule is Cl.Cl.NCCCC(=O)Nc1cnn(Cc2ccncc2)c1. The first-order valence-corrected chi connectivity index (χ1v) is 6.19. The summed E-state index contributed by atoms with van der Waals surface area (Å²) in [5, 5.41) is 6.99. The number of halogens is 2. The average Bonchev–Trinajstić information content (AvgIpc) is 2.85. The van der Waals surface area contributed by atoms with Gasteiger partial charge in [0.25, 0.3) is 0 Å². The van der Waals surface area contributed by atoms with E-state index in [-0.39, 0.29) is 30.7 Å². The Bertz CT molecular complexity index is 532. The van der Waals surface area contributed by atoms with Gasteiger partial charge in [-0.3, -0.25) is 14.5 Å². The van der Waals surface area contributed by atoms with Crippen molar-refractivity contribution < 1.29 is 4.79 Å². The Morgan fingerprint density at radius 3 is 2.67 bits per heavy atom. The molecule has 0 fully saturated rings. The molecule has 0 aliphatic carbocycles. The minimum Gasteiger partial charge on any atom is -0.330 e. The highest BCUT2D eigenvalue weighted by Crippen LogP contribution is 2.08. The van der Waals surface area contributed by atoms with Crippen LogP contribution in [0.2, 0.25) is 0 Å². The van der Waals surface area contributed by atoms with Gasteiger partial charge in [-0.25, -0.2) is 0 Å². The molecule has 21 heavy (non-hydrogen) atoms. The summed E-state index contributed by atoms with van der Waals surface area (Å²) in [6, 6.07) is 3.86. The second kappa shape index (κ2) is 10.1. The maximum absolute atomic E-state index is 11.5. The predicted octanol–water partition coefficient (Wildman–Crippen LogP) is 1.85. The molecule has 2 rings (SSSR count). The topological polar surface area (TPSA) is 85.8 Å². The average molecular weight is 332 g/mol. The van der Waals surface area contributed by atoms with Gasteiger partial charge in [-0.1, -0.05) is 0 Å². The van der Waals surface area contributed by atoms with E-state index >= 15 is 0 Å². The number of carbonyl (C=O) groups is 1. The van der Waals surface area contributed by atoms with Crippen LogP contribution in [-0.4, -0.2) is 27.2 Å². The molecule has 0 aromatic carbocycles. The van der Waals surface area contributed by atoms with E-state index < -0.39 is 0 Å². The molecule has 0 unspecified atom stereocenters. The summed E-state index contributed by atoms with van der Waals surface area (Å²) in [6.07, 6.45) is 8.06. The first kappa shape index (κ1) is 19.4. The lowest BCUT2D eigenvalue weighted by atomic mass is 10.3. The molecular formula is C13H19Cl2N5O. The Balaban J connectivity index is 0.00000200. The molecule has 2 aromatic rings. The molecule has 8 heteroatoms. The van der Waals surface area contributed by atoms with Gasteiger partial charge in [0, 0.05) is 25.0 Å². The van der Waals surface area contributed by atoms with E-state index in [0.29, 0.717) is 31.6 Å². The number of anilines is 1. The van der Waals surface area contributed by atoms with Gasteiger partial charge in [0.05, 0.1) is 18.4 Å². The molecule has 0 bridgehead atoms. The van der Waals surface area contributed by atoms with Gasteiger partial charge in [0.15, 0.2) is 0 Å². The van der Waals surface area contributed by atoms with Crippen LogP contribution >= 0.6 is 24.8 Å². The third kappa shape index (κ3) is 6.57. The lowest BCUT2D eigenvalue weighted by Gasteiger charge is -2.02. The first-order valence-electron chi connectivity index (χ1n) is 6.19. The zero-order chi connectivity index (χ0) is 13.5. The van der Waals surface area contributed by atoms with Crippen molar-refractivity contribution in [2.24, 2.45) is 5.73 Å². The minimum atomic E-state index is -0.0334. The molecule has 0 atom stereocenters. The molecule has 0 saturated carbocycles. The van der Waals surface area contributed by atoms with Gasteiger partial charge >= 0.3 is 0 Å². The summed E-state index contributed by atoms with van der Waals surface area (Å²) >= 11 is 0. The van der Waals surface area contributed by atoms with E-state index in [1.165, 1.54) is 0 Å². The molecular weight excluding hydrogens is 313 g/mol. The van der Waals surface area contributed by atoms with Crippen molar-refractivity contribution in [3.63, 3.8) is 0 Å². The van der Waals surface area contributed by atoms with Crippen LogP contribution in [0.3, 0.4) is 0 Å². The fourth-order valence-corrected chi connectivity index (χ4v) is 1.68. The van der Waals surface area contributed by atoms with Gasteiger partial charge < -0.3 is 11.1 Å². The number of nitrogens with two attached hydrogens (primary N) is 1. The van der Waals surface area contributed by atoms with Crippen molar-refractivity contribution in [3.8, 4) is 0 Å². The van der Waals surface area contributed by atoms with Gasteiger partial charge in [-0.2, -0.15) is 5.10 Å². The molecule has 1 amide bonds. The van der Waals surface area contributed by atoms with Gasteiger partial charge in [0.2, 0.25) is 5.91 Å². The van der Waals surface area contributed by atoms with Gasteiger partial charge in [-0.15, -0.1) is 24.8 Å². The number of nitrogens with one attached hydrogen (secondary N) is 1. The predicted molar refractivity (Wildman–Crippen MR) is 87.0 cm³/mol. The van der Waals surface area contributed by atoms with Crippen LogP contribution in [0.5, 0.6) is 0 Å². The molecule has 0 aliphatic heterocycles. The number of pyridine rings is 1. The lowest BCUT2D eigenvalue weighted by molar-refractivity contribution is -0.116. The molecule has 0 aliphatic rings. The van der Waals surface area contributed by atoms with Crippen molar-refractivity contribution in [2.75, 3.05) is 11.9 Å². The highest BCUT2D eigenvalue weighted by molar-refractivity contribution is 5.90. The van der Waals surface area contributed by atoms with Crippen LogP contribution in [0.1, 0.15) is 18.4 Å². The summed E-state index contributed by atoms with van der Waals surface area (Å²) in [4.78, 5) is 15.5. The fraction of sp³-hybridized carbons (Fsp3) is 0.308. The van der Waals surface area contributed by atoms with Crippen LogP contribution in [0.4, 0.5) is 5.69 Å². The molecule has 3 N–H and O–H groups in total. The molecule has 2 heterocycles. The molecule has 0 saturated heterocycles. The minimum absolute atomic E-state index is 0. The maximum atomic E-state index is 11.5. The van der Waals surface area contributed by atoms with Crippen molar-refractivity contribution in [1.29, 1.82) is 0 Å². The quantitative estimate of drug-likeness (QED) is 0.845. The number of hydrogen-bond acceptors (Lipinski definition) is 4. The maximum Gasteiger partial charge on any atom is 0.224 e. The Kier molecular flexibility index (Phi) is 9.36. The Morgan fingerprint density at radius 1 is 1.29 bits per heavy atom. The first-order chi connectivity index (χ1) is 9.28. The van der Waals surface area contributed by atoms with Crippen molar-refractivity contribution in [1.82, 2.24) is 14.8 Å². The normalized spacial score (nSPS) is 9.38. The monoisotopic (exact) mass is 331 g/mol. The van der Waals surface area contributed by atoms with Crippen molar-refractivity contribution in [3.05, 3.63) is 42.5 Å². The van der Waals surface area contributed by atoms with Gasteiger partial charge in [-0.05, 0) is 30.7 Å². The zero-order valence-electron chi connectivity index (χ0n) is 11.4. The number of carbonyl (C=O) groups excluding carboxylic acids is 1. The standard InChI is InChI=1S/C13H17N5O.2ClH/c14-5-1-2-13(19)17-12-8-16-18(10-12)9-11-3-6-15-7-4-11;;/h3-4,6-8,10H,1-2,5,9,14H2,(H,17,19);2*1H. The van der Waals surface area contributed by atoms with Gasteiger partial charge in [0.1, 0.15) is 0 Å². The number of aromatic nitrogens is 3. The Hall–Kier alpha value is -1.63. The summed E-state index contributed by atoms with van der Waals surface area (Å²) in [6.45, 7) is 1.18. The summed E-state index contributed by atoms with van der Waals surface area (Å²) in [5.41, 5.74) is 7.17. The van der Waals surface area contributed by atoms with Crippen molar-refractivity contribution in [2.45, 2.75) is 19.4 Å². The largest absolute Gasteiger partial charge is 0.330 e. The van der Waals surface area contributed by atoms with Crippen LogP contribution < -0.4 is 11.1 Å². The highest BCUT2D eigenvalue weighted by Gasteiger charge is 2.04. The van der Waals surface area contributed by atoms with Crippen LogP contribution in [0, 0.1) is 0 Å². The second-order valence-electron chi connectivity index (χ2n) is 4.22. The van der Waals surface area contributed by atoms with E-state index in [0.717, 1.165) is 5.56 Å². The lowest BCUT2D eigenvalue weighted by Crippen LogP contribution is -2.13. The molecule has 116 valence electrons. The fourth-order valence-electron chi connectivity index (χ4n) is 1.68. The molecule has 0 radical (unpaired) electrons. The number of rotatable bonds is 6. The van der Waals surface area contributed by atoms with E-state index in [1.807, 2.05) is 12.1 Å². The molecule has 0 spiro atoms. The van der Waals surface area contributed by atoms with Crippen LogP contribution in [0.15, 0.2) is 36.9 Å². The third-order valence-corrected chi connectivity index (χ3v) is 2.62. The molecule has 2 aromatic heterocycles. The summed E-state index contributed by atoms with van der Waals surface area (Å²) in [7, 11) is 0. The Labute approximate surface area is 135 Å². The second-order valence-corrected chi connectivity index (χ2v) is 4.22. The number of nitrogens with zero attached hydrogens (tertiary/aromatic N) is 3. The third-order valence-electron chi connectivity index (χ3n) is 2.62. The van der Waals surface area contributed by atoms with Crippen LogP contribution in [0.25, 0.3) is 0 Å². The summed E-state index contributed by atoms with van der Waals surface area (Å²) in [5.74, 6) is -0.0334. The van der Waals surface area contributed by atoms with Crippen LogP contribution in [-0.2, 0) is 11.3 Å². The smallest absolute Gasteiger partial charge is 0.224 e. The number of amides is 1. The molecule has 6 nitrogen and oxygen atoms in total.